The highest BCUT2D eigenvalue weighted by atomic mass is 19.1. The molecule has 1 aromatic heterocycles. The summed E-state index contributed by atoms with van der Waals surface area (Å²) in [5, 5.41) is 14.8. The van der Waals surface area contributed by atoms with E-state index in [0.717, 1.165) is 27.8 Å². The van der Waals surface area contributed by atoms with Gasteiger partial charge in [-0.1, -0.05) is 47.6 Å². The number of carbonyl (C=O) groups is 2. The zero-order valence-electron chi connectivity index (χ0n) is 22.7. The fraction of sp³-hybridized carbons (Fsp3) is 0.219. The number of carboxylic acids is 1. The summed E-state index contributed by atoms with van der Waals surface area (Å²) in [7, 11) is 1.62. The van der Waals surface area contributed by atoms with Crippen LogP contribution in [0.2, 0.25) is 0 Å². The molecule has 4 rings (SSSR count). The molecule has 2 unspecified atom stereocenters. The number of carboxylic acid groups (broad SMARTS) is 1. The second-order valence-electron chi connectivity index (χ2n) is 9.96. The van der Waals surface area contributed by atoms with Crippen molar-refractivity contribution in [1.82, 2.24) is 4.57 Å². The largest absolute Gasteiger partial charge is 0.481 e. The summed E-state index contributed by atoms with van der Waals surface area (Å²) in [6, 6.07) is 22.0. The Hall–Kier alpha value is -4.92. The molecule has 0 aliphatic heterocycles. The van der Waals surface area contributed by atoms with Crippen LogP contribution in [0.15, 0.2) is 95.0 Å². The summed E-state index contributed by atoms with van der Waals surface area (Å²) < 4.78 is 15.4. The maximum absolute atomic E-state index is 14.0. The van der Waals surface area contributed by atoms with Crippen LogP contribution in [-0.4, -0.2) is 21.6 Å². The van der Waals surface area contributed by atoms with Crippen LogP contribution >= 0.6 is 0 Å². The van der Waals surface area contributed by atoms with Crippen molar-refractivity contribution in [2.24, 2.45) is 12.2 Å². The second-order valence-corrected chi connectivity index (χ2v) is 9.96. The highest BCUT2D eigenvalue weighted by Gasteiger charge is 2.24. The molecule has 8 nitrogen and oxygen atoms in total. The lowest BCUT2D eigenvalue weighted by atomic mass is 9.82. The molecule has 1 heterocycles. The smallest absolute Gasteiger partial charge is 0.303 e. The topological polar surface area (TPSA) is 118 Å². The SMILES string of the molecule is Cc1cc(F)ccc1C(CC(N=O)c1ccc(=O)n(C)c1)c1ccc(-c2ccc(NC(=O)CCC(=O)O)cc2)cc1. The van der Waals surface area contributed by atoms with Crippen LogP contribution in [0.5, 0.6) is 0 Å². The number of carbonyl (C=O) groups excluding carboxylic acids is 1. The van der Waals surface area contributed by atoms with Crippen molar-refractivity contribution < 1.29 is 19.1 Å². The number of anilines is 1. The summed E-state index contributed by atoms with van der Waals surface area (Å²) in [6.45, 7) is 1.83. The summed E-state index contributed by atoms with van der Waals surface area (Å²) in [5.41, 5.74) is 5.39. The van der Waals surface area contributed by atoms with E-state index in [1.165, 1.54) is 22.8 Å². The van der Waals surface area contributed by atoms with Crippen LogP contribution < -0.4 is 10.9 Å². The van der Waals surface area contributed by atoms with Crippen LogP contribution in [0.3, 0.4) is 0 Å². The molecule has 1 amide bonds. The third kappa shape index (κ3) is 7.39. The first kappa shape index (κ1) is 29.1. The molecule has 0 aliphatic carbocycles. The second kappa shape index (κ2) is 13.0. The van der Waals surface area contributed by atoms with Crippen molar-refractivity contribution >= 4 is 17.6 Å². The quantitative estimate of drug-likeness (QED) is 0.210. The molecule has 0 radical (unpaired) electrons. The van der Waals surface area contributed by atoms with Gasteiger partial charge in [-0.25, -0.2) is 4.39 Å². The van der Waals surface area contributed by atoms with Crippen molar-refractivity contribution in [1.29, 1.82) is 0 Å². The van der Waals surface area contributed by atoms with E-state index in [-0.39, 0.29) is 36.0 Å². The van der Waals surface area contributed by atoms with Crippen molar-refractivity contribution in [3.63, 3.8) is 0 Å². The molecule has 0 fully saturated rings. The molecular formula is C32H30FN3O5. The number of aliphatic carboxylic acids is 1. The number of aryl methyl sites for hydroxylation is 2. The number of aromatic nitrogens is 1. The van der Waals surface area contributed by atoms with Gasteiger partial charge in [0.25, 0.3) is 0 Å². The van der Waals surface area contributed by atoms with Gasteiger partial charge >= 0.3 is 5.97 Å². The normalized spacial score (nSPS) is 12.4. The van der Waals surface area contributed by atoms with E-state index in [4.69, 9.17) is 5.11 Å². The standard InChI is InChI=1S/C32H30FN3O5/c1-20-17-25(33)10-13-27(20)28(18-29(35-41)24-9-15-31(38)36(2)19-24)23-5-3-21(4-6-23)22-7-11-26(12-8-22)34-30(37)14-16-32(39)40/h3-13,15,17,19,28-29H,14,16,18H2,1-2H3,(H,34,37)(H,39,40). The summed E-state index contributed by atoms with van der Waals surface area (Å²) in [4.78, 5) is 46.4. The Balaban J connectivity index is 1.59. The average molecular weight is 556 g/mol. The van der Waals surface area contributed by atoms with Crippen LogP contribution in [-0.2, 0) is 16.6 Å². The van der Waals surface area contributed by atoms with Crippen LogP contribution in [0.25, 0.3) is 11.1 Å². The van der Waals surface area contributed by atoms with E-state index < -0.39 is 12.0 Å². The van der Waals surface area contributed by atoms with E-state index >= 15 is 0 Å². The lowest BCUT2D eigenvalue weighted by Gasteiger charge is -2.23. The van der Waals surface area contributed by atoms with Gasteiger partial charge in [-0.15, -0.1) is 0 Å². The highest BCUT2D eigenvalue weighted by molar-refractivity contribution is 5.92. The fourth-order valence-corrected chi connectivity index (χ4v) is 4.85. The van der Waals surface area contributed by atoms with Gasteiger partial charge in [-0.3, -0.25) is 14.4 Å². The number of halogens is 1. The highest BCUT2D eigenvalue weighted by Crippen LogP contribution is 2.38. The van der Waals surface area contributed by atoms with Crippen LogP contribution in [0.1, 0.15) is 53.5 Å². The number of nitrogens with one attached hydrogen (secondary N) is 1. The van der Waals surface area contributed by atoms with Crippen LogP contribution in [0, 0.1) is 17.6 Å². The fourth-order valence-electron chi connectivity index (χ4n) is 4.85. The third-order valence-corrected chi connectivity index (χ3v) is 7.07. The van der Waals surface area contributed by atoms with Gasteiger partial charge in [0.05, 0.1) is 6.42 Å². The molecule has 0 spiro atoms. The predicted octanol–water partition coefficient (Wildman–Crippen LogP) is 6.33. The van der Waals surface area contributed by atoms with Gasteiger partial charge in [-0.05, 0) is 77.1 Å². The van der Waals surface area contributed by atoms with Crippen molar-refractivity contribution in [2.45, 2.75) is 38.1 Å². The number of hydrogen-bond donors (Lipinski definition) is 2. The van der Waals surface area contributed by atoms with Gasteiger partial charge in [0.1, 0.15) is 11.9 Å². The minimum Gasteiger partial charge on any atom is -0.481 e. The Labute approximate surface area is 236 Å². The summed E-state index contributed by atoms with van der Waals surface area (Å²) in [5.74, 6) is -2.01. The average Bonchev–Trinajstić information content (AvgIpc) is 2.95. The molecule has 3 aromatic carbocycles. The zero-order valence-corrected chi connectivity index (χ0v) is 22.7. The Bertz CT molecular complexity index is 1610. The van der Waals surface area contributed by atoms with Crippen LogP contribution in [0.4, 0.5) is 10.1 Å². The van der Waals surface area contributed by atoms with Gasteiger partial charge < -0.3 is 15.0 Å². The summed E-state index contributed by atoms with van der Waals surface area (Å²) >= 11 is 0. The monoisotopic (exact) mass is 555 g/mol. The molecule has 41 heavy (non-hydrogen) atoms. The number of rotatable bonds is 11. The number of nitrogens with zero attached hydrogens (tertiary/aromatic N) is 2. The molecule has 4 aromatic rings. The maximum atomic E-state index is 14.0. The first-order valence-electron chi connectivity index (χ1n) is 13.1. The van der Waals surface area contributed by atoms with Gasteiger partial charge in [0, 0.05) is 37.3 Å². The Kier molecular flexibility index (Phi) is 9.19. The van der Waals surface area contributed by atoms with Gasteiger partial charge in [0.15, 0.2) is 0 Å². The number of benzene rings is 3. The van der Waals surface area contributed by atoms with Gasteiger partial charge in [-0.2, -0.15) is 4.91 Å². The van der Waals surface area contributed by atoms with E-state index in [0.29, 0.717) is 17.7 Å². The predicted molar refractivity (Wildman–Crippen MR) is 155 cm³/mol. The molecule has 2 atom stereocenters. The van der Waals surface area contributed by atoms with E-state index in [9.17, 15) is 23.7 Å². The minimum atomic E-state index is -1.03. The maximum Gasteiger partial charge on any atom is 0.303 e. The molecule has 0 saturated carbocycles. The number of amides is 1. The Morgan fingerprint density at radius 3 is 2.15 bits per heavy atom. The van der Waals surface area contributed by atoms with E-state index in [1.54, 1.807) is 37.5 Å². The molecule has 2 N–H and O–H groups in total. The number of hydrogen-bond acceptors (Lipinski definition) is 5. The van der Waals surface area contributed by atoms with E-state index in [2.05, 4.69) is 10.5 Å². The summed E-state index contributed by atoms with van der Waals surface area (Å²) in [6.07, 6.45) is 1.60. The Morgan fingerprint density at radius 2 is 1.56 bits per heavy atom. The van der Waals surface area contributed by atoms with E-state index in [1.807, 2.05) is 43.3 Å². The van der Waals surface area contributed by atoms with Crippen molar-refractivity contribution in [3.05, 3.63) is 128 Å². The third-order valence-electron chi connectivity index (χ3n) is 7.07. The molecular weight excluding hydrogens is 525 g/mol. The number of nitroso groups, excluding NO2 is 1. The lowest BCUT2D eigenvalue weighted by Crippen LogP contribution is -2.16. The molecule has 0 saturated heterocycles. The molecule has 210 valence electrons. The molecule has 0 bridgehead atoms. The number of pyridine rings is 1. The molecule has 0 aliphatic rings. The zero-order chi connectivity index (χ0) is 29.5. The first-order chi connectivity index (χ1) is 19.6. The van der Waals surface area contributed by atoms with Crippen molar-refractivity contribution in [2.75, 3.05) is 5.32 Å². The van der Waals surface area contributed by atoms with Crippen molar-refractivity contribution in [3.8, 4) is 11.1 Å². The minimum absolute atomic E-state index is 0.101. The first-order valence-corrected chi connectivity index (χ1v) is 13.1. The Morgan fingerprint density at radius 1 is 0.927 bits per heavy atom. The lowest BCUT2D eigenvalue weighted by molar-refractivity contribution is -0.138. The van der Waals surface area contributed by atoms with Gasteiger partial charge in [0.2, 0.25) is 11.5 Å². The molecule has 9 heteroatoms.